The third-order valence-electron chi connectivity index (χ3n) is 6.72. The van der Waals surface area contributed by atoms with Gasteiger partial charge in [-0.05, 0) is 74.1 Å². The molecule has 0 spiro atoms. The van der Waals surface area contributed by atoms with Crippen molar-refractivity contribution in [3.8, 4) is 0 Å². The second-order valence-corrected chi connectivity index (χ2v) is 10.9. The van der Waals surface area contributed by atoms with Gasteiger partial charge in [0, 0.05) is 18.9 Å². The minimum Gasteiger partial charge on any atom is -0.466 e. The molecule has 1 saturated heterocycles. The van der Waals surface area contributed by atoms with Crippen LogP contribution in [0.5, 0.6) is 0 Å². The number of hydrogen-bond acceptors (Lipinski definition) is 7. The predicted molar refractivity (Wildman–Crippen MR) is 150 cm³/mol. The molecule has 0 aromatic heterocycles. The second-order valence-electron chi connectivity index (χ2n) is 10.9. The number of carbonyl (C=O) groups is 2. The van der Waals surface area contributed by atoms with Crippen LogP contribution in [0, 0.1) is 0 Å². The SMILES string of the molecule is CCOC(=O)CCc1ccc(C2CCN(OC(=O)OC(C)(C)C)CC2OCc2ccc3ccccc3c2)cc1. The van der Waals surface area contributed by atoms with Crippen LogP contribution in [0.2, 0.25) is 0 Å². The molecule has 39 heavy (non-hydrogen) atoms. The van der Waals surface area contributed by atoms with E-state index < -0.39 is 11.8 Å². The minimum atomic E-state index is -0.708. The third-order valence-corrected chi connectivity index (χ3v) is 6.72. The number of benzene rings is 3. The summed E-state index contributed by atoms with van der Waals surface area (Å²) in [7, 11) is 0. The summed E-state index contributed by atoms with van der Waals surface area (Å²) in [6.45, 7) is 9.10. The minimum absolute atomic E-state index is 0.128. The van der Waals surface area contributed by atoms with E-state index in [-0.39, 0.29) is 18.0 Å². The quantitative estimate of drug-likeness (QED) is 0.288. The number of hydroxylamine groups is 2. The average molecular weight is 534 g/mol. The number of fused-ring (bicyclic) bond motifs is 1. The van der Waals surface area contributed by atoms with Crippen LogP contribution in [0.1, 0.15) is 63.1 Å². The van der Waals surface area contributed by atoms with Gasteiger partial charge in [0.25, 0.3) is 0 Å². The molecule has 3 aromatic rings. The lowest BCUT2D eigenvalue weighted by Crippen LogP contribution is -2.45. The molecule has 0 amide bonds. The Morgan fingerprint density at radius 2 is 1.67 bits per heavy atom. The molecule has 2 unspecified atom stereocenters. The van der Waals surface area contributed by atoms with Gasteiger partial charge in [0.05, 0.1) is 25.9 Å². The van der Waals surface area contributed by atoms with Gasteiger partial charge < -0.3 is 19.0 Å². The lowest BCUT2D eigenvalue weighted by atomic mass is 9.87. The number of carbonyl (C=O) groups excluding carboxylic acids is 2. The Labute approximate surface area is 230 Å². The maximum Gasteiger partial charge on any atom is 0.528 e. The number of nitrogens with zero attached hydrogens (tertiary/aromatic N) is 1. The maximum atomic E-state index is 12.3. The molecular formula is C32H39NO6. The summed E-state index contributed by atoms with van der Waals surface area (Å²) in [5, 5.41) is 4.01. The highest BCUT2D eigenvalue weighted by Crippen LogP contribution is 2.32. The molecule has 0 radical (unpaired) electrons. The van der Waals surface area contributed by atoms with Crippen LogP contribution in [0.25, 0.3) is 10.8 Å². The third kappa shape index (κ3) is 8.53. The maximum absolute atomic E-state index is 12.3. The van der Waals surface area contributed by atoms with Crippen molar-refractivity contribution in [3.05, 3.63) is 83.4 Å². The van der Waals surface area contributed by atoms with E-state index in [4.69, 9.17) is 19.0 Å². The lowest BCUT2D eigenvalue weighted by molar-refractivity contribution is -0.179. The van der Waals surface area contributed by atoms with E-state index in [2.05, 4.69) is 54.6 Å². The number of piperidine rings is 1. The van der Waals surface area contributed by atoms with Gasteiger partial charge in [0.15, 0.2) is 0 Å². The van der Waals surface area contributed by atoms with Gasteiger partial charge in [-0.2, -0.15) is 0 Å². The molecular weight excluding hydrogens is 494 g/mol. The fourth-order valence-electron chi connectivity index (χ4n) is 4.84. The fourth-order valence-corrected chi connectivity index (χ4v) is 4.84. The zero-order valence-corrected chi connectivity index (χ0v) is 23.4. The lowest BCUT2D eigenvalue weighted by Gasteiger charge is -2.37. The van der Waals surface area contributed by atoms with Crippen LogP contribution in [-0.2, 0) is 36.9 Å². The van der Waals surface area contributed by atoms with Crippen LogP contribution in [-0.4, -0.2) is 48.6 Å². The predicted octanol–water partition coefficient (Wildman–Crippen LogP) is 6.58. The first-order valence-corrected chi connectivity index (χ1v) is 13.7. The second kappa shape index (κ2) is 13.1. The molecule has 7 heteroatoms. The van der Waals surface area contributed by atoms with E-state index in [1.165, 1.54) is 10.8 Å². The van der Waals surface area contributed by atoms with Gasteiger partial charge in [-0.25, -0.2) is 4.79 Å². The first kappa shape index (κ1) is 28.6. The van der Waals surface area contributed by atoms with E-state index in [9.17, 15) is 9.59 Å². The summed E-state index contributed by atoms with van der Waals surface area (Å²) in [5.41, 5.74) is 2.71. The van der Waals surface area contributed by atoms with Crippen LogP contribution >= 0.6 is 0 Å². The monoisotopic (exact) mass is 533 g/mol. The van der Waals surface area contributed by atoms with Crippen molar-refractivity contribution in [2.45, 2.75) is 71.2 Å². The molecule has 7 nitrogen and oxygen atoms in total. The van der Waals surface area contributed by atoms with Crippen molar-refractivity contribution in [1.82, 2.24) is 5.06 Å². The zero-order valence-electron chi connectivity index (χ0n) is 23.4. The number of ether oxygens (including phenoxy) is 3. The summed E-state index contributed by atoms with van der Waals surface area (Å²) >= 11 is 0. The van der Waals surface area contributed by atoms with Gasteiger partial charge in [0.1, 0.15) is 5.60 Å². The van der Waals surface area contributed by atoms with Crippen molar-refractivity contribution in [2.75, 3.05) is 19.7 Å². The topological polar surface area (TPSA) is 74.3 Å². The molecule has 0 aliphatic carbocycles. The zero-order chi connectivity index (χ0) is 27.8. The standard InChI is InChI=1S/C32H39NO6/c1-5-36-30(34)17-13-23-10-15-26(16-11-23)28-18-19-33(39-31(35)38-32(2,3)4)21-29(28)37-22-24-12-14-25-8-6-7-9-27(25)20-24/h6-12,14-16,20,28-29H,5,13,17-19,21-22H2,1-4H3. The van der Waals surface area contributed by atoms with E-state index in [0.29, 0.717) is 39.1 Å². The summed E-state index contributed by atoms with van der Waals surface area (Å²) in [6, 6.07) is 23.0. The smallest absolute Gasteiger partial charge is 0.466 e. The van der Waals surface area contributed by atoms with Crippen LogP contribution in [0.3, 0.4) is 0 Å². The Hall–Kier alpha value is -3.42. The summed E-state index contributed by atoms with van der Waals surface area (Å²) in [5.74, 6) is -0.0517. The summed E-state index contributed by atoms with van der Waals surface area (Å²) in [6.07, 6.45) is 0.861. The largest absolute Gasteiger partial charge is 0.528 e. The summed E-state index contributed by atoms with van der Waals surface area (Å²) < 4.78 is 16.9. The number of hydrogen-bond donors (Lipinski definition) is 0. The van der Waals surface area contributed by atoms with Gasteiger partial charge in [0.2, 0.25) is 0 Å². The van der Waals surface area contributed by atoms with Crippen molar-refractivity contribution in [3.63, 3.8) is 0 Å². The average Bonchev–Trinajstić information content (AvgIpc) is 2.90. The van der Waals surface area contributed by atoms with Crippen molar-refractivity contribution in [2.24, 2.45) is 0 Å². The Morgan fingerprint density at radius 1 is 0.949 bits per heavy atom. The van der Waals surface area contributed by atoms with Gasteiger partial charge in [-0.3, -0.25) is 4.79 Å². The summed E-state index contributed by atoms with van der Waals surface area (Å²) in [4.78, 5) is 29.6. The molecule has 1 heterocycles. The van der Waals surface area contributed by atoms with Crippen LogP contribution in [0.4, 0.5) is 4.79 Å². The number of aryl methyl sites for hydroxylation is 1. The molecule has 3 aromatic carbocycles. The van der Waals surface area contributed by atoms with E-state index in [1.54, 1.807) is 5.06 Å². The fraction of sp³-hybridized carbons (Fsp3) is 0.438. The van der Waals surface area contributed by atoms with E-state index >= 15 is 0 Å². The highest BCUT2D eigenvalue weighted by molar-refractivity contribution is 5.82. The van der Waals surface area contributed by atoms with Gasteiger partial charge in [-0.1, -0.05) is 60.7 Å². The van der Waals surface area contributed by atoms with Crippen molar-refractivity contribution < 1.29 is 28.6 Å². The first-order chi connectivity index (χ1) is 18.7. The highest BCUT2D eigenvalue weighted by atomic mass is 16.8. The molecule has 1 aliphatic rings. The normalized spacial score (nSPS) is 18.1. The van der Waals surface area contributed by atoms with Crippen molar-refractivity contribution in [1.29, 1.82) is 0 Å². The van der Waals surface area contributed by atoms with E-state index in [0.717, 1.165) is 23.1 Å². The van der Waals surface area contributed by atoms with Crippen molar-refractivity contribution >= 4 is 22.9 Å². The molecule has 4 rings (SSSR count). The number of esters is 1. The molecule has 0 saturated carbocycles. The Morgan fingerprint density at radius 3 is 2.38 bits per heavy atom. The molecule has 0 N–H and O–H groups in total. The van der Waals surface area contributed by atoms with Crippen LogP contribution < -0.4 is 0 Å². The Kier molecular flexibility index (Phi) is 9.59. The van der Waals surface area contributed by atoms with Gasteiger partial charge >= 0.3 is 12.1 Å². The molecule has 208 valence electrons. The Bertz CT molecular complexity index is 1250. The highest BCUT2D eigenvalue weighted by Gasteiger charge is 2.34. The Balaban J connectivity index is 1.45. The molecule has 1 fully saturated rings. The van der Waals surface area contributed by atoms with E-state index in [1.807, 2.05) is 39.8 Å². The van der Waals surface area contributed by atoms with Gasteiger partial charge in [-0.15, -0.1) is 5.06 Å². The first-order valence-electron chi connectivity index (χ1n) is 13.7. The number of rotatable bonds is 9. The molecule has 2 atom stereocenters. The van der Waals surface area contributed by atoms with Crippen LogP contribution in [0.15, 0.2) is 66.7 Å². The molecule has 1 aliphatic heterocycles. The molecule has 0 bridgehead atoms.